The van der Waals surface area contributed by atoms with Gasteiger partial charge >= 0.3 is 0 Å². The molecule has 0 aliphatic rings. The lowest BCUT2D eigenvalue weighted by Crippen LogP contribution is -2.10. The highest BCUT2D eigenvalue weighted by atomic mass is 32.1. The summed E-state index contributed by atoms with van der Waals surface area (Å²) in [7, 11) is 0. The van der Waals surface area contributed by atoms with Crippen molar-refractivity contribution in [3.8, 4) is 33.4 Å². The highest BCUT2D eigenvalue weighted by Crippen LogP contribution is 2.49. The Morgan fingerprint density at radius 1 is 0.261 bits per heavy atom. The number of hydrogen-bond acceptors (Lipinski definition) is 6. The lowest BCUT2D eigenvalue weighted by Gasteiger charge is -2.28. The van der Waals surface area contributed by atoms with Gasteiger partial charge < -0.3 is 9.80 Å². The molecule has 0 unspecified atom stereocenters. The minimum atomic E-state index is 1.05. The predicted octanol–water partition coefficient (Wildman–Crippen LogP) is 24.1. The van der Waals surface area contributed by atoms with E-state index in [1.54, 1.807) is 22.7 Å². The molecule has 0 amide bonds. The van der Waals surface area contributed by atoms with Crippen LogP contribution in [0.15, 0.2) is 304 Å². The number of nitrogens with zero attached hydrogens (tertiary/aromatic N) is 4. The zero-order valence-electron chi connectivity index (χ0n) is 47.5. The Labute approximate surface area is 515 Å². The van der Waals surface area contributed by atoms with Crippen molar-refractivity contribution in [3.63, 3.8) is 0 Å². The molecule has 0 spiro atoms. The van der Waals surface area contributed by atoms with Gasteiger partial charge in [-0.25, -0.2) is 0 Å². The van der Waals surface area contributed by atoms with E-state index in [0.717, 1.165) is 50.8 Å². The number of hydrogen-bond donors (Lipinski definition) is 0. The van der Waals surface area contributed by atoms with Gasteiger partial charge in [-0.05, 0) is 178 Å². The Morgan fingerprint density at radius 2 is 0.795 bits per heavy atom. The van der Waals surface area contributed by atoms with Crippen LogP contribution in [0.2, 0.25) is 0 Å². The van der Waals surface area contributed by atoms with Crippen LogP contribution in [-0.4, -0.2) is 9.97 Å². The third kappa shape index (κ3) is 8.18. The molecule has 0 bridgehead atoms. The Hall–Kier alpha value is -11.0. The van der Waals surface area contributed by atoms with Gasteiger partial charge in [-0.15, -0.1) is 22.7 Å². The third-order valence-electron chi connectivity index (χ3n) is 17.9. The Kier molecular flexibility index (Phi) is 11.6. The second-order valence-electron chi connectivity index (χ2n) is 22.8. The van der Waals surface area contributed by atoms with Crippen LogP contribution >= 0.6 is 22.7 Å². The van der Waals surface area contributed by atoms with Crippen LogP contribution in [0.1, 0.15) is 0 Å². The molecule has 0 aliphatic carbocycles. The summed E-state index contributed by atoms with van der Waals surface area (Å²) in [5.41, 5.74) is 14.7. The Balaban J connectivity index is 0.762. The molecule has 0 aliphatic heterocycles. The lowest BCUT2D eigenvalue weighted by atomic mass is 9.91. The molecule has 0 N–H and O–H groups in total. The average molecular weight is 1160 g/mol. The molecule has 18 aromatic rings. The number of benzene rings is 14. The first-order valence-corrected chi connectivity index (χ1v) is 31.5. The molecule has 410 valence electrons. The van der Waals surface area contributed by atoms with Crippen molar-refractivity contribution in [1.82, 2.24) is 9.97 Å². The molecule has 18 rings (SSSR count). The maximum absolute atomic E-state index is 4.81. The first-order valence-electron chi connectivity index (χ1n) is 29.8. The van der Waals surface area contributed by atoms with Crippen molar-refractivity contribution in [3.05, 3.63) is 304 Å². The van der Waals surface area contributed by atoms with Crippen LogP contribution in [-0.2, 0) is 0 Å². The van der Waals surface area contributed by atoms with Crippen LogP contribution in [0.5, 0.6) is 0 Å². The summed E-state index contributed by atoms with van der Waals surface area (Å²) in [6.07, 6.45) is 5.78. The molecular weight excluding hydrogens is 1110 g/mol. The van der Waals surface area contributed by atoms with E-state index in [0.29, 0.717) is 0 Å². The van der Waals surface area contributed by atoms with Crippen LogP contribution in [0.4, 0.5) is 34.1 Å². The zero-order chi connectivity index (χ0) is 57.8. The maximum Gasteiger partial charge on any atom is 0.0888 e. The first-order chi connectivity index (χ1) is 43.6. The molecule has 4 heterocycles. The molecule has 0 saturated heterocycles. The maximum atomic E-state index is 4.81. The van der Waals surface area contributed by atoms with Gasteiger partial charge in [0.05, 0.1) is 26.3 Å². The minimum Gasteiger partial charge on any atom is -0.310 e. The third-order valence-corrected chi connectivity index (χ3v) is 20.1. The van der Waals surface area contributed by atoms with Crippen molar-refractivity contribution in [2.75, 3.05) is 9.80 Å². The van der Waals surface area contributed by atoms with Crippen LogP contribution in [0.3, 0.4) is 0 Å². The normalized spacial score (nSPS) is 11.9. The molecular formula is C82H50N4S2. The fourth-order valence-electron chi connectivity index (χ4n) is 13.8. The van der Waals surface area contributed by atoms with E-state index in [1.165, 1.54) is 122 Å². The van der Waals surface area contributed by atoms with E-state index < -0.39 is 0 Å². The monoisotopic (exact) mass is 1150 g/mol. The second-order valence-corrected chi connectivity index (χ2v) is 25.0. The Morgan fingerprint density at radius 3 is 1.59 bits per heavy atom. The van der Waals surface area contributed by atoms with Gasteiger partial charge in [0.2, 0.25) is 0 Å². The van der Waals surface area contributed by atoms with Gasteiger partial charge in [-0.2, -0.15) is 0 Å². The minimum absolute atomic E-state index is 1.05. The van der Waals surface area contributed by atoms with Gasteiger partial charge in [0.1, 0.15) is 0 Å². The van der Waals surface area contributed by atoms with Crippen molar-refractivity contribution >= 4 is 162 Å². The van der Waals surface area contributed by atoms with Crippen molar-refractivity contribution in [2.45, 2.75) is 0 Å². The summed E-state index contributed by atoms with van der Waals surface area (Å²) >= 11 is 3.60. The smallest absolute Gasteiger partial charge is 0.0888 e. The molecule has 88 heavy (non-hydrogen) atoms. The summed E-state index contributed by atoms with van der Waals surface area (Å²) in [6.45, 7) is 0. The molecule has 14 aromatic carbocycles. The van der Waals surface area contributed by atoms with Gasteiger partial charge in [-0.3, -0.25) is 9.97 Å². The zero-order valence-corrected chi connectivity index (χ0v) is 49.1. The molecule has 0 atom stereocenters. The molecule has 4 aromatic heterocycles. The summed E-state index contributed by atoms with van der Waals surface area (Å²) < 4.78 is 4.82. The molecule has 0 saturated carbocycles. The summed E-state index contributed by atoms with van der Waals surface area (Å²) in [4.78, 5) is 14.2. The molecule has 4 nitrogen and oxygen atoms in total. The van der Waals surface area contributed by atoms with Crippen molar-refractivity contribution in [2.24, 2.45) is 0 Å². The van der Waals surface area contributed by atoms with Crippen LogP contribution in [0, 0.1) is 0 Å². The van der Waals surface area contributed by atoms with Gasteiger partial charge in [0.25, 0.3) is 0 Å². The highest BCUT2D eigenvalue weighted by molar-refractivity contribution is 7.26. The van der Waals surface area contributed by atoms with E-state index in [2.05, 4.69) is 294 Å². The number of thiophene rings is 2. The van der Waals surface area contributed by atoms with Crippen molar-refractivity contribution in [1.29, 1.82) is 0 Å². The standard InChI is InChI=1S/C82H50N4S2/c1-2-13-51(14-3-1)52-26-31-59(32-27-52)86(61-36-39-73-79(48-61)87-77-25-12-43-84-82(73)77)76-49-74-66-24-11-23-62(67(66)40-41-68(74)65-21-8-9-22-69(65)76)56-18-10-17-55(45-56)53-28-33-58(34-29-53)85(60-35-38-70-71-42-44-83-50-80(71)88-78(70)47-60)75-46-57-16-5-7-20-64(57)81-63-19-6-4-15-54(63)30-37-72(75)81/h1-50H. The molecule has 0 fully saturated rings. The Bertz CT molecular complexity index is 5810. The lowest BCUT2D eigenvalue weighted by molar-refractivity contribution is 1.31. The second kappa shape index (κ2) is 20.3. The first kappa shape index (κ1) is 50.3. The largest absolute Gasteiger partial charge is 0.310 e. The highest BCUT2D eigenvalue weighted by Gasteiger charge is 2.23. The van der Waals surface area contributed by atoms with E-state index in [4.69, 9.17) is 4.98 Å². The van der Waals surface area contributed by atoms with E-state index in [9.17, 15) is 0 Å². The van der Waals surface area contributed by atoms with Gasteiger partial charge in [0, 0.05) is 77.7 Å². The summed E-state index contributed by atoms with van der Waals surface area (Å²) in [5, 5.41) is 18.3. The quantitative estimate of drug-likeness (QED) is 0.135. The van der Waals surface area contributed by atoms with E-state index in [1.807, 2.05) is 24.7 Å². The van der Waals surface area contributed by atoms with E-state index in [-0.39, 0.29) is 0 Å². The number of aromatic nitrogens is 2. The van der Waals surface area contributed by atoms with Gasteiger partial charge in [-0.1, -0.05) is 194 Å². The van der Waals surface area contributed by atoms with Crippen molar-refractivity contribution < 1.29 is 0 Å². The fourth-order valence-corrected chi connectivity index (χ4v) is 16.0. The predicted molar refractivity (Wildman–Crippen MR) is 379 cm³/mol. The topological polar surface area (TPSA) is 32.3 Å². The number of anilines is 6. The van der Waals surface area contributed by atoms with Crippen LogP contribution < -0.4 is 9.80 Å². The molecule has 6 heteroatoms. The van der Waals surface area contributed by atoms with Gasteiger partial charge in [0.15, 0.2) is 0 Å². The van der Waals surface area contributed by atoms with E-state index >= 15 is 0 Å². The number of fused-ring (bicyclic) bond motifs is 16. The number of pyridine rings is 2. The molecule has 0 radical (unpaired) electrons. The number of rotatable bonds is 9. The summed E-state index contributed by atoms with van der Waals surface area (Å²) in [5.74, 6) is 0. The fraction of sp³-hybridized carbons (Fsp3) is 0. The van der Waals surface area contributed by atoms with Crippen LogP contribution in [0.25, 0.3) is 138 Å². The SMILES string of the molecule is c1ccc(-c2ccc(N(c3ccc4c(c3)sc3cccnc34)c3cc4c5cccc(-c6cccc(-c7ccc(N(c8ccc9c(c8)sc8cnccc89)c8cc9ccccc9c9c8ccc8ccccc89)cc7)c6)c5ccc4c4ccccc34)cc2)cc1. The summed E-state index contributed by atoms with van der Waals surface area (Å²) in [6, 6.07) is 106. The average Bonchev–Trinajstić information content (AvgIpc) is 1.78.